The van der Waals surface area contributed by atoms with E-state index in [1.54, 1.807) is 40.7 Å². The van der Waals surface area contributed by atoms with Crippen molar-refractivity contribution in [2.45, 2.75) is 48.8 Å². The summed E-state index contributed by atoms with van der Waals surface area (Å²) in [6.45, 7) is 1.97. The van der Waals surface area contributed by atoms with E-state index in [2.05, 4.69) is 5.32 Å². The van der Waals surface area contributed by atoms with E-state index in [0.717, 1.165) is 31.2 Å². The fourth-order valence-electron chi connectivity index (χ4n) is 4.53. The van der Waals surface area contributed by atoms with Crippen molar-refractivity contribution in [1.82, 2.24) is 4.31 Å². The standard InChI is InChI=1S/C24H29FN2O4S/c25-20-7-5-19(6-8-20)24(13-17-31-18-14-24)23(28)26-21-9-11-22(12-10-21)32(29,30)27-15-3-1-2-4-16-27/h5-12H,1-4,13-18H2,(H,26,28). The molecule has 0 aliphatic carbocycles. The zero-order valence-corrected chi connectivity index (χ0v) is 18.9. The Labute approximate surface area is 188 Å². The van der Waals surface area contributed by atoms with Crippen LogP contribution < -0.4 is 5.32 Å². The van der Waals surface area contributed by atoms with Gasteiger partial charge in [-0.15, -0.1) is 0 Å². The first kappa shape index (κ1) is 22.9. The summed E-state index contributed by atoms with van der Waals surface area (Å²) < 4.78 is 46.4. The van der Waals surface area contributed by atoms with E-state index in [9.17, 15) is 17.6 Å². The van der Waals surface area contributed by atoms with Crippen molar-refractivity contribution in [2.24, 2.45) is 0 Å². The molecule has 2 aromatic carbocycles. The average molecular weight is 461 g/mol. The maximum atomic E-state index is 13.4. The molecule has 2 aliphatic heterocycles. The van der Waals surface area contributed by atoms with E-state index in [-0.39, 0.29) is 16.6 Å². The predicted octanol–water partition coefficient (Wildman–Crippen LogP) is 4.08. The molecular formula is C24H29FN2O4S. The van der Waals surface area contributed by atoms with Crippen LogP contribution in [0.3, 0.4) is 0 Å². The third-order valence-electron chi connectivity index (χ3n) is 6.49. The normalized spacial score (nSPS) is 19.8. The summed E-state index contributed by atoms with van der Waals surface area (Å²) in [6.07, 6.45) is 4.85. The molecule has 4 rings (SSSR count). The second-order valence-corrected chi connectivity index (χ2v) is 10.4. The Morgan fingerprint density at radius 1 is 0.906 bits per heavy atom. The Kier molecular flexibility index (Phi) is 6.93. The number of nitrogens with zero attached hydrogens (tertiary/aromatic N) is 1. The predicted molar refractivity (Wildman–Crippen MR) is 120 cm³/mol. The number of carbonyl (C=O) groups excluding carboxylic acids is 1. The highest BCUT2D eigenvalue weighted by Gasteiger charge is 2.41. The van der Waals surface area contributed by atoms with Crippen LogP contribution in [0.1, 0.15) is 44.1 Å². The summed E-state index contributed by atoms with van der Waals surface area (Å²) >= 11 is 0. The largest absolute Gasteiger partial charge is 0.381 e. The topological polar surface area (TPSA) is 75.7 Å². The lowest BCUT2D eigenvalue weighted by molar-refractivity contribution is -0.125. The molecular weight excluding hydrogens is 431 g/mol. The molecule has 1 N–H and O–H groups in total. The summed E-state index contributed by atoms with van der Waals surface area (Å²) in [5.74, 6) is -0.548. The monoisotopic (exact) mass is 460 g/mol. The van der Waals surface area contributed by atoms with Crippen molar-refractivity contribution in [2.75, 3.05) is 31.6 Å². The molecule has 172 valence electrons. The lowest BCUT2D eigenvalue weighted by Gasteiger charge is -2.36. The van der Waals surface area contributed by atoms with Crippen molar-refractivity contribution in [3.05, 3.63) is 59.9 Å². The van der Waals surface area contributed by atoms with Gasteiger partial charge in [-0.3, -0.25) is 4.79 Å². The zero-order valence-electron chi connectivity index (χ0n) is 18.1. The molecule has 2 aromatic rings. The van der Waals surface area contributed by atoms with E-state index in [1.165, 1.54) is 12.1 Å². The lowest BCUT2D eigenvalue weighted by Crippen LogP contribution is -2.44. The molecule has 0 spiro atoms. The second-order valence-electron chi connectivity index (χ2n) is 8.50. The first-order valence-electron chi connectivity index (χ1n) is 11.2. The van der Waals surface area contributed by atoms with Crippen LogP contribution in [-0.2, 0) is 25.0 Å². The van der Waals surface area contributed by atoms with Crippen molar-refractivity contribution in [1.29, 1.82) is 0 Å². The molecule has 8 heteroatoms. The maximum Gasteiger partial charge on any atom is 0.243 e. The number of rotatable bonds is 5. The number of amides is 1. The van der Waals surface area contributed by atoms with Gasteiger partial charge in [0.2, 0.25) is 15.9 Å². The Morgan fingerprint density at radius 3 is 2.09 bits per heavy atom. The van der Waals surface area contributed by atoms with E-state index in [4.69, 9.17) is 4.74 Å². The molecule has 0 saturated carbocycles. The molecule has 0 radical (unpaired) electrons. The Hall–Kier alpha value is -2.29. The molecule has 2 saturated heterocycles. The number of hydrogen-bond donors (Lipinski definition) is 1. The fourth-order valence-corrected chi connectivity index (χ4v) is 6.04. The summed E-state index contributed by atoms with van der Waals surface area (Å²) in [6, 6.07) is 12.4. The van der Waals surface area contributed by atoms with Gasteiger partial charge in [-0.25, -0.2) is 12.8 Å². The number of carbonyl (C=O) groups is 1. The van der Waals surface area contributed by atoms with Crippen molar-refractivity contribution < 1.29 is 22.3 Å². The summed E-state index contributed by atoms with van der Waals surface area (Å²) in [5, 5.41) is 2.94. The van der Waals surface area contributed by atoms with Crippen molar-refractivity contribution in [3.63, 3.8) is 0 Å². The molecule has 0 unspecified atom stereocenters. The van der Waals surface area contributed by atoms with Gasteiger partial charge < -0.3 is 10.1 Å². The minimum atomic E-state index is -3.54. The number of ether oxygens (including phenoxy) is 1. The van der Waals surface area contributed by atoms with Gasteiger partial charge in [-0.1, -0.05) is 25.0 Å². The number of halogens is 1. The number of benzene rings is 2. The number of sulfonamides is 1. The van der Waals surface area contributed by atoms with E-state index < -0.39 is 15.4 Å². The lowest BCUT2D eigenvalue weighted by atomic mass is 9.73. The summed E-state index contributed by atoms with van der Waals surface area (Å²) in [7, 11) is -3.54. The van der Waals surface area contributed by atoms with Gasteiger partial charge in [0.25, 0.3) is 0 Å². The highest BCUT2D eigenvalue weighted by Crippen LogP contribution is 2.36. The highest BCUT2D eigenvalue weighted by atomic mass is 32.2. The second kappa shape index (κ2) is 9.68. The Balaban J connectivity index is 1.53. The van der Waals surface area contributed by atoms with Gasteiger partial charge in [0.1, 0.15) is 5.82 Å². The van der Waals surface area contributed by atoms with Crippen LogP contribution in [-0.4, -0.2) is 44.9 Å². The quantitative estimate of drug-likeness (QED) is 0.730. The van der Waals surface area contributed by atoms with Gasteiger partial charge >= 0.3 is 0 Å². The van der Waals surface area contributed by atoms with Gasteiger partial charge in [0.05, 0.1) is 10.3 Å². The van der Waals surface area contributed by atoms with Gasteiger partial charge in [0, 0.05) is 32.0 Å². The SMILES string of the molecule is O=C(Nc1ccc(S(=O)(=O)N2CCCCCC2)cc1)C1(c2ccc(F)cc2)CCOCC1. The van der Waals surface area contributed by atoms with Gasteiger partial charge in [-0.05, 0) is 67.6 Å². The van der Waals surface area contributed by atoms with Crippen LogP contribution in [0.15, 0.2) is 53.4 Å². The maximum absolute atomic E-state index is 13.4. The molecule has 2 fully saturated rings. The van der Waals surface area contributed by atoms with Crippen LogP contribution in [0.5, 0.6) is 0 Å². The molecule has 6 nitrogen and oxygen atoms in total. The highest BCUT2D eigenvalue weighted by molar-refractivity contribution is 7.89. The van der Waals surface area contributed by atoms with E-state index >= 15 is 0 Å². The number of anilines is 1. The number of hydrogen-bond acceptors (Lipinski definition) is 4. The molecule has 2 aliphatic rings. The Bertz CT molecular complexity index is 1020. The first-order valence-corrected chi connectivity index (χ1v) is 12.6. The van der Waals surface area contributed by atoms with Gasteiger partial charge in [-0.2, -0.15) is 4.31 Å². The van der Waals surface area contributed by atoms with E-state index in [0.29, 0.717) is 44.8 Å². The minimum absolute atomic E-state index is 0.199. The van der Waals surface area contributed by atoms with Crippen molar-refractivity contribution in [3.8, 4) is 0 Å². The average Bonchev–Trinajstić information content (AvgIpc) is 3.11. The fraction of sp³-hybridized carbons (Fsp3) is 0.458. The zero-order chi connectivity index (χ0) is 22.6. The third-order valence-corrected chi connectivity index (χ3v) is 8.41. The summed E-state index contributed by atoms with van der Waals surface area (Å²) in [5.41, 5.74) is 0.459. The molecule has 0 bridgehead atoms. The molecule has 2 heterocycles. The van der Waals surface area contributed by atoms with E-state index in [1.807, 2.05) is 0 Å². The molecule has 1 amide bonds. The third kappa shape index (κ3) is 4.72. The minimum Gasteiger partial charge on any atom is -0.381 e. The van der Waals surface area contributed by atoms with Crippen LogP contribution >= 0.6 is 0 Å². The number of nitrogens with one attached hydrogen (secondary N) is 1. The molecule has 0 atom stereocenters. The Morgan fingerprint density at radius 2 is 1.50 bits per heavy atom. The molecule has 0 aromatic heterocycles. The van der Waals surface area contributed by atoms with Crippen LogP contribution in [0.2, 0.25) is 0 Å². The van der Waals surface area contributed by atoms with Crippen LogP contribution in [0, 0.1) is 5.82 Å². The smallest absolute Gasteiger partial charge is 0.243 e. The van der Waals surface area contributed by atoms with Crippen LogP contribution in [0.4, 0.5) is 10.1 Å². The van der Waals surface area contributed by atoms with Gasteiger partial charge in [0.15, 0.2) is 0 Å². The first-order chi connectivity index (χ1) is 15.4. The van der Waals surface area contributed by atoms with Crippen molar-refractivity contribution >= 4 is 21.6 Å². The molecule has 32 heavy (non-hydrogen) atoms. The van der Waals surface area contributed by atoms with Crippen LogP contribution in [0.25, 0.3) is 0 Å². The summed E-state index contributed by atoms with van der Waals surface area (Å²) in [4.78, 5) is 13.6.